The van der Waals surface area contributed by atoms with Crippen LogP contribution >= 0.6 is 15.9 Å². The van der Waals surface area contributed by atoms with Crippen molar-refractivity contribution in [1.29, 1.82) is 0 Å². The molecule has 0 aliphatic rings. The number of nitrogens with one attached hydrogen (secondary N) is 1. The molecule has 0 radical (unpaired) electrons. The number of nitrogen functional groups attached to an aromatic ring is 1. The molecule has 0 bridgehead atoms. The van der Waals surface area contributed by atoms with E-state index < -0.39 is 0 Å². The van der Waals surface area contributed by atoms with Crippen molar-refractivity contribution in [1.82, 2.24) is 9.97 Å². The second-order valence-corrected chi connectivity index (χ2v) is 6.81. The minimum atomic E-state index is 0.326. The predicted octanol–water partition coefficient (Wildman–Crippen LogP) is 5.48. The van der Waals surface area contributed by atoms with Crippen LogP contribution in [-0.2, 0) is 0 Å². The first-order valence-electron chi connectivity index (χ1n) is 7.94. The number of rotatable bonds is 5. The average Bonchev–Trinajstić information content (AvgIpc) is 2.61. The van der Waals surface area contributed by atoms with E-state index in [1.54, 1.807) is 0 Å². The van der Waals surface area contributed by atoms with Crippen LogP contribution in [0.25, 0.3) is 0 Å². The van der Waals surface area contributed by atoms with Crippen LogP contribution in [0.2, 0.25) is 0 Å². The van der Waals surface area contributed by atoms with Crippen LogP contribution < -0.4 is 15.8 Å². The number of nitrogens with two attached hydrogens (primary N) is 1. The molecule has 2 aromatic carbocycles. The molecule has 0 amide bonds. The Labute approximate surface area is 155 Å². The van der Waals surface area contributed by atoms with Gasteiger partial charge in [0.2, 0.25) is 5.88 Å². The summed E-state index contributed by atoms with van der Waals surface area (Å²) < 4.78 is 6.82. The van der Waals surface area contributed by atoms with Crippen molar-refractivity contribution >= 4 is 33.1 Å². The number of ether oxygens (including phenoxy) is 1. The van der Waals surface area contributed by atoms with Gasteiger partial charge in [0.05, 0.1) is 0 Å². The van der Waals surface area contributed by atoms with Crippen LogP contribution in [-0.4, -0.2) is 9.97 Å². The monoisotopic (exact) mass is 398 g/mol. The Morgan fingerprint density at radius 2 is 1.68 bits per heavy atom. The van der Waals surface area contributed by atoms with E-state index in [9.17, 15) is 0 Å². The van der Waals surface area contributed by atoms with Gasteiger partial charge in [-0.25, -0.2) is 4.98 Å². The Morgan fingerprint density at radius 1 is 1.00 bits per heavy atom. The lowest BCUT2D eigenvalue weighted by molar-refractivity contribution is 0.464. The SMILES string of the molecule is CC(C)c1ccc(Oc2ncnc(Nc3ccc(Br)cc3)c2N)cc1. The minimum Gasteiger partial charge on any atom is -0.437 e. The summed E-state index contributed by atoms with van der Waals surface area (Å²) in [5, 5.41) is 3.17. The van der Waals surface area contributed by atoms with Gasteiger partial charge in [0.15, 0.2) is 5.82 Å². The fraction of sp³-hybridized carbons (Fsp3) is 0.158. The van der Waals surface area contributed by atoms with E-state index in [4.69, 9.17) is 10.5 Å². The summed E-state index contributed by atoms with van der Waals surface area (Å²) in [6, 6.07) is 15.6. The lowest BCUT2D eigenvalue weighted by Crippen LogP contribution is -2.03. The standard InChI is InChI=1S/C19H19BrN4O/c1-12(2)13-3-9-16(10-4-13)25-19-17(21)18(22-11-23-19)24-15-7-5-14(20)6-8-15/h3-12H,21H2,1-2H3,(H,22,23,24). The van der Waals surface area contributed by atoms with E-state index in [1.807, 2.05) is 48.5 Å². The summed E-state index contributed by atoms with van der Waals surface area (Å²) in [5.41, 5.74) is 8.65. The lowest BCUT2D eigenvalue weighted by atomic mass is 10.0. The zero-order valence-corrected chi connectivity index (χ0v) is 15.6. The summed E-state index contributed by atoms with van der Waals surface area (Å²) in [6.45, 7) is 4.30. The molecule has 0 saturated carbocycles. The van der Waals surface area contributed by atoms with Crippen LogP contribution in [0.1, 0.15) is 25.3 Å². The quantitative estimate of drug-likeness (QED) is 0.594. The third kappa shape index (κ3) is 4.28. The third-order valence-corrected chi connectivity index (χ3v) is 4.24. The molecule has 3 aromatic rings. The van der Waals surface area contributed by atoms with Crippen LogP contribution in [0.5, 0.6) is 11.6 Å². The van der Waals surface area contributed by atoms with Crippen LogP contribution in [0.15, 0.2) is 59.3 Å². The van der Waals surface area contributed by atoms with Crippen molar-refractivity contribution in [2.24, 2.45) is 0 Å². The van der Waals surface area contributed by atoms with Crippen LogP contribution in [0.4, 0.5) is 17.2 Å². The first-order valence-corrected chi connectivity index (χ1v) is 8.73. The molecule has 5 nitrogen and oxygen atoms in total. The molecule has 0 fully saturated rings. The maximum atomic E-state index is 6.17. The number of hydrogen-bond acceptors (Lipinski definition) is 5. The number of hydrogen-bond donors (Lipinski definition) is 2. The van der Waals surface area contributed by atoms with Gasteiger partial charge in [-0.2, -0.15) is 4.98 Å². The Bertz CT molecular complexity index is 848. The van der Waals surface area contributed by atoms with Gasteiger partial charge in [0.1, 0.15) is 17.8 Å². The fourth-order valence-corrected chi connectivity index (χ4v) is 2.53. The first kappa shape index (κ1) is 17.2. The smallest absolute Gasteiger partial charge is 0.248 e. The average molecular weight is 399 g/mol. The highest BCUT2D eigenvalue weighted by molar-refractivity contribution is 9.10. The summed E-state index contributed by atoms with van der Waals surface area (Å²) in [7, 11) is 0. The molecule has 0 spiro atoms. The molecule has 0 saturated heterocycles. The van der Waals surface area contributed by atoms with Crippen molar-refractivity contribution in [2.75, 3.05) is 11.1 Å². The second-order valence-electron chi connectivity index (χ2n) is 5.90. The number of aromatic nitrogens is 2. The van der Waals surface area contributed by atoms with Gasteiger partial charge in [-0.3, -0.25) is 0 Å². The van der Waals surface area contributed by atoms with Crippen LogP contribution in [0.3, 0.4) is 0 Å². The van der Waals surface area contributed by atoms with Crippen molar-refractivity contribution in [3.05, 3.63) is 64.9 Å². The van der Waals surface area contributed by atoms with E-state index in [0.717, 1.165) is 10.2 Å². The Kier molecular flexibility index (Phi) is 5.19. The Balaban J connectivity index is 1.79. The summed E-state index contributed by atoms with van der Waals surface area (Å²) in [4.78, 5) is 8.34. The number of halogens is 1. The highest BCUT2D eigenvalue weighted by atomic mass is 79.9. The lowest BCUT2D eigenvalue weighted by Gasteiger charge is -2.12. The molecule has 0 unspecified atom stereocenters. The van der Waals surface area contributed by atoms with E-state index >= 15 is 0 Å². The highest BCUT2D eigenvalue weighted by Crippen LogP contribution is 2.31. The van der Waals surface area contributed by atoms with Gasteiger partial charge in [-0.1, -0.05) is 41.9 Å². The van der Waals surface area contributed by atoms with Crippen LogP contribution in [0, 0.1) is 0 Å². The molecular weight excluding hydrogens is 380 g/mol. The molecule has 6 heteroatoms. The van der Waals surface area contributed by atoms with Gasteiger partial charge in [-0.15, -0.1) is 0 Å². The summed E-state index contributed by atoms with van der Waals surface area (Å²) >= 11 is 3.41. The van der Waals surface area contributed by atoms with Gasteiger partial charge in [0.25, 0.3) is 0 Å². The molecule has 1 aromatic heterocycles. The van der Waals surface area contributed by atoms with Crippen molar-refractivity contribution in [2.45, 2.75) is 19.8 Å². The van der Waals surface area contributed by atoms with Gasteiger partial charge in [0, 0.05) is 10.2 Å². The molecule has 1 heterocycles. The normalized spacial score (nSPS) is 10.7. The summed E-state index contributed by atoms with van der Waals surface area (Å²) in [6.07, 6.45) is 1.43. The molecule has 0 aliphatic heterocycles. The third-order valence-electron chi connectivity index (χ3n) is 3.72. The number of anilines is 3. The van der Waals surface area contributed by atoms with Crippen molar-refractivity contribution < 1.29 is 4.74 Å². The number of benzene rings is 2. The van der Waals surface area contributed by atoms with Gasteiger partial charge in [-0.05, 0) is 47.9 Å². The molecular formula is C19H19BrN4O. The van der Waals surface area contributed by atoms with E-state index in [2.05, 4.69) is 45.1 Å². The number of nitrogens with zero attached hydrogens (tertiary/aromatic N) is 2. The first-order chi connectivity index (χ1) is 12.0. The zero-order valence-electron chi connectivity index (χ0n) is 14.0. The zero-order chi connectivity index (χ0) is 17.8. The molecule has 25 heavy (non-hydrogen) atoms. The Hall–Kier alpha value is -2.60. The molecule has 128 valence electrons. The van der Waals surface area contributed by atoms with Crippen molar-refractivity contribution in [3.63, 3.8) is 0 Å². The molecule has 0 atom stereocenters. The summed E-state index contributed by atoms with van der Waals surface area (Å²) in [5.74, 6) is 1.99. The topological polar surface area (TPSA) is 73.1 Å². The maximum absolute atomic E-state index is 6.17. The highest BCUT2D eigenvalue weighted by Gasteiger charge is 2.11. The van der Waals surface area contributed by atoms with E-state index in [0.29, 0.717) is 29.1 Å². The molecule has 3 rings (SSSR count). The fourth-order valence-electron chi connectivity index (χ4n) is 2.26. The molecule has 3 N–H and O–H groups in total. The molecule has 0 aliphatic carbocycles. The Morgan fingerprint density at radius 3 is 2.32 bits per heavy atom. The van der Waals surface area contributed by atoms with Crippen molar-refractivity contribution in [3.8, 4) is 11.6 Å². The van der Waals surface area contributed by atoms with Gasteiger partial charge < -0.3 is 15.8 Å². The predicted molar refractivity (Wildman–Crippen MR) is 104 cm³/mol. The second kappa shape index (κ2) is 7.53. The van der Waals surface area contributed by atoms with E-state index in [1.165, 1.54) is 11.9 Å². The largest absolute Gasteiger partial charge is 0.437 e. The maximum Gasteiger partial charge on any atom is 0.248 e. The van der Waals surface area contributed by atoms with E-state index in [-0.39, 0.29) is 0 Å². The minimum absolute atomic E-state index is 0.326. The van der Waals surface area contributed by atoms with Gasteiger partial charge >= 0.3 is 0 Å².